The molecule has 176 valence electrons. The fourth-order valence-corrected chi connectivity index (χ4v) is 1.78. The molecule has 0 N–H and O–H groups in total. The molecule has 0 aromatic heterocycles. The minimum Gasteiger partial charge on any atom is -0.378 e. The van der Waals surface area contributed by atoms with E-state index >= 15 is 0 Å². The molecule has 1 rings (SSSR count). The Labute approximate surface area is 228 Å². The van der Waals surface area contributed by atoms with E-state index in [1.807, 2.05) is 49.3 Å². The lowest BCUT2D eigenvalue weighted by molar-refractivity contribution is -0.112. The number of hydrogen-bond donors (Lipinski definition) is 0. The van der Waals surface area contributed by atoms with Gasteiger partial charge in [-0.2, -0.15) is 0 Å². The van der Waals surface area contributed by atoms with Gasteiger partial charge in [0.2, 0.25) is 0 Å². The standard InChI is InChI=1S/C24H6.C12H15NO/c1-3-5-7-9-11-13-15-17-19-21-23-24-22-20-18-16-14-12-10-8-6-4-2;1-10(14)4-5-11-6-8-12(9-7-11)13(2)3/h1-2H3;4-9H,1-3H3/b;5-4+. The highest BCUT2D eigenvalue weighted by Crippen LogP contribution is 2.12. The van der Waals surface area contributed by atoms with Crippen LogP contribution in [0.15, 0.2) is 30.3 Å². The summed E-state index contributed by atoms with van der Waals surface area (Å²) in [6.45, 7) is 4.94. The smallest absolute Gasteiger partial charge is 0.152 e. The Morgan fingerprint density at radius 1 is 0.553 bits per heavy atom. The second kappa shape index (κ2) is 23.7. The molecule has 0 heterocycles. The second-order valence-corrected chi connectivity index (χ2v) is 6.43. The Balaban J connectivity index is 0.000000824. The lowest BCUT2D eigenvalue weighted by Gasteiger charge is -2.11. The molecule has 1 aromatic carbocycles. The first kappa shape index (κ1) is 31.6. The third-order valence-electron chi connectivity index (χ3n) is 3.36. The van der Waals surface area contributed by atoms with Gasteiger partial charge in [-0.15, -0.1) is 0 Å². The van der Waals surface area contributed by atoms with Gasteiger partial charge < -0.3 is 4.90 Å². The SMILES string of the molecule is CC#CC#CC#CC#CC#CC#CC#CC#CC#CC#CC#CC.CC(=O)/C=C/c1ccc(N(C)C)cc1. The van der Waals surface area contributed by atoms with Gasteiger partial charge in [0.1, 0.15) is 0 Å². The summed E-state index contributed by atoms with van der Waals surface area (Å²) >= 11 is 0. The molecule has 2 heteroatoms. The van der Waals surface area contributed by atoms with Crippen LogP contribution in [-0.2, 0) is 4.79 Å². The highest BCUT2D eigenvalue weighted by atomic mass is 16.1. The van der Waals surface area contributed by atoms with Gasteiger partial charge in [0.25, 0.3) is 0 Å². The van der Waals surface area contributed by atoms with E-state index in [2.05, 4.69) is 130 Å². The van der Waals surface area contributed by atoms with E-state index in [1.54, 1.807) is 26.8 Å². The molecule has 0 bridgehead atoms. The molecule has 0 saturated carbocycles. The zero-order valence-electron chi connectivity index (χ0n) is 21.8. The number of allylic oxidation sites excluding steroid dienone is 1. The van der Waals surface area contributed by atoms with Crippen LogP contribution in [0.5, 0.6) is 0 Å². The van der Waals surface area contributed by atoms with Crippen molar-refractivity contribution in [2.75, 3.05) is 19.0 Å². The lowest BCUT2D eigenvalue weighted by atomic mass is 10.2. The Bertz CT molecular complexity index is 1620. The lowest BCUT2D eigenvalue weighted by Crippen LogP contribution is -2.07. The Hall–Kier alpha value is -6.41. The first-order valence-electron chi connectivity index (χ1n) is 10.8. The molecule has 38 heavy (non-hydrogen) atoms. The third kappa shape index (κ3) is 21.4. The maximum absolute atomic E-state index is 10.7. The maximum atomic E-state index is 10.7. The van der Waals surface area contributed by atoms with Crippen molar-refractivity contribution in [2.24, 2.45) is 0 Å². The predicted octanol–water partition coefficient (Wildman–Crippen LogP) is 3.42. The van der Waals surface area contributed by atoms with Crippen molar-refractivity contribution < 1.29 is 4.79 Å². The van der Waals surface area contributed by atoms with Crippen LogP contribution in [0.3, 0.4) is 0 Å². The van der Waals surface area contributed by atoms with Gasteiger partial charge in [-0.1, -0.05) is 30.0 Å². The van der Waals surface area contributed by atoms with Gasteiger partial charge >= 0.3 is 0 Å². The monoisotopic (exact) mass is 483 g/mol. The summed E-state index contributed by atoms with van der Waals surface area (Å²) in [6.07, 6.45) is 3.40. The van der Waals surface area contributed by atoms with Gasteiger partial charge in [-0.05, 0) is 139 Å². The van der Waals surface area contributed by atoms with Crippen molar-refractivity contribution in [2.45, 2.75) is 20.8 Å². The largest absolute Gasteiger partial charge is 0.378 e. The molecule has 0 amide bonds. The average Bonchev–Trinajstić information content (AvgIpc) is 2.91. The normalized spacial score (nSPS) is 6.34. The maximum Gasteiger partial charge on any atom is 0.152 e. The molecular weight excluding hydrogens is 462 g/mol. The van der Waals surface area contributed by atoms with Crippen LogP contribution in [-0.4, -0.2) is 19.9 Å². The molecule has 0 aliphatic carbocycles. The predicted molar refractivity (Wildman–Crippen MR) is 157 cm³/mol. The fourth-order valence-electron chi connectivity index (χ4n) is 1.78. The highest BCUT2D eigenvalue weighted by molar-refractivity contribution is 5.91. The molecule has 0 radical (unpaired) electrons. The average molecular weight is 484 g/mol. The van der Waals surface area contributed by atoms with Crippen molar-refractivity contribution in [3.05, 3.63) is 35.9 Å². The molecule has 0 atom stereocenters. The van der Waals surface area contributed by atoms with E-state index in [4.69, 9.17) is 0 Å². The van der Waals surface area contributed by atoms with Gasteiger partial charge in [-0.25, -0.2) is 0 Å². The van der Waals surface area contributed by atoms with Crippen molar-refractivity contribution in [3.8, 4) is 130 Å². The summed E-state index contributed by atoms with van der Waals surface area (Å²) in [5, 5.41) is 0. The van der Waals surface area contributed by atoms with Crippen LogP contribution in [0.2, 0.25) is 0 Å². The Morgan fingerprint density at radius 3 is 1.08 bits per heavy atom. The molecule has 0 aliphatic rings. The Kier molecular flexibility index (Phi) is 19.7. The summed E-state index contributed by atoms with van der Waals surface area (Å²) in [6, 6.07) is 8.04. The number of ketones is 1. The van der Waals surface area contributed by atoms with Crippen LogP contribution < -0.4 is 4.90 Å². The van der Waals surface area contributed by atoms with E-state index in [0.717, 1.165) is 11.3 Å². The topological polar surface area (TPSA) is 20.3 Å². The van der Waals surface area contributed by atoms with Crippen LogP contribution in [0, 0.1) is 130 Å². The minimum absolute atomic E-state index is 0.0710. The van der Waals surface area contributed by atoms with Gasteiger partial charge in [0.05, 0.1) is 0 Å². The van der Waals surface area contributed by atoms with E-state index in [-0.39, 0.29) is 5.78 Å². The number of anilines is 1. The molecule has 2 nitrogen and oxygen atoms in total. The molecule has 0 unspecified atom stereocenters. The van der Waals surface area contributed by atoms with Crippen LogP contribution >= 0.6 is 0 Å². The first-order valence-corrected chi connectivity index (χ1v) is 10.8. The summed E-state index contributed by atoms with van der Waals surface area (Å²) < 4.78 is 0. The highest BCUT2D eigenvalue weighted by Gasteiger charge is 1.93. The van der Waals surface area contributed by atoms with E-state index in [1.165, 1.54) is 0 Å². The minimum atomic E-state index is 0.0710. The molecule has 1 aromatic rings. The molecule has 0 fully saturated rings. The second-order valence-electron chi connectivity index (χ2n) is 6.43. The number of carbonyl (C=O) groups excluding carboxylic acids is 1. The van der Waals surface area contributed by atoms with Crippen LogP contribution in [0.25, 0.3) is 6.08 Å². The first-order chi connectivity index (χ1) is 18.5. The van der Waals surface area contributed by atoms with Crippen LogP contribution in [0.1, 0.15) is 26.3 Å². The summed E-state index contributed by atoms with van der Waals surface area (Å²) in [4.78, 5) is 12.7. The van der Waals surface area contributed by atoms with E-state index in [0.29, 0.717) is 0 Å². The molecular formula is C36H21NO. The van der Waals surface area contributed by atoms with E-state index in [9.17, 15) is 4.79 Å². The fraction of sp³-hybridized carbons (Fsp3) is 0.139. The van der Waals surface area contributed by atoms with E-state index < -0.39 is 0 Å². The molecule has 0 spiro atoms. The van der Waals surface area contributed by atoms with Crippen molar-refractivity contribution >= 4 is 17.5 Å². The number of nitrogens with zero attached hydrogens (tertiary/aromatic N) is 1. The zero-order chi connectivity index (χ0) is 28.1. The number of hydrogen-bond acceptors (Lipinski definition) is 2. The summed E-state index contributed by atoms with van der Waals surface area (Å²) in [5.41, 5.74) is 2.20. The third-order valence-corrected chi connectivity index (χ3v) is 3.36. The van der Waals surface area contributed by atoms with Crippen molar-refractivity contribution in [3.63, 3.8) is 0 Å². The van der Waals surface area contributed by atoms with Gasteiger partial charge in [-0.3, -0.25) is 4.79 Å². The number of benzene rings is 1. The van der Waals surface area contributed by atoms with Gasteiger partial charge in [0, 0.05) is 43.5 Å². The summed E-state index contributed by atoms with van der Waals surface area (Å²) in [5.74, 6) is 55.7. The summed E-state index contributed by atoms with van der Waals surface area (Å²) in [7, 11) is 4.00. The van der Waals surface area contributed by atoms with Crippen molar-refractivity contribution in [1.29, 1.82) is 0 Å². The van der Waals surface area contributed by atoms with Crippen LogP contribution in [0.4, 0.5) is 5.69 Å². The Morgan fingerprint density at radius 2 is 0.842 bits per heavy atom. The molecule has 0 aliphatic heterocycles. The zero-order valence-corrected chi connectivity index (χ0v) is 21.8. The molecule has 0 saturated heterocycles. The quantitative estimate of drug-likeness (QED) is 0.485. The number of carbonyl (C=O) groups is 1. The van der Waals surface area contributed by atoms with Gasteiger partial charge in [0.15, 0.2) is 5.78 Å². The number of rotatable bonds is 3. The van der Waals surface area contributed by atoms with Crippen molar-refractivity contribution in [1.82, 2.24) is 0 Å².